The molecule has 1 atom stereocenters. The number of hydrogen-bond donors (Lipinski definition) is 3. The molecule has 4 N–H and O–H groups in total. The predicted octanol–water partition coefficient (Wildman–Crippen LogP) is -0.389. The van der Waals surface area contributed by atoms with Crippen LogP contribution in [-0.4, -0.2) is 29.2 Å². The van der Waals surface area contributed by atoms with Crippen LogP contribution in [0, 0.1) is 5.92 Å². The van der Waals surface area contributed by atoms with Crippen LogP contribution in [0.1, 0.15) is 26.7 Å². The van der Waals surface area contributed by atoms with Crippen molar-refractivity contribution in [3.8, 4) is 0 Å². The zero-order valence-corrected chi connectivity index (χ0v) is 8.21. The highest BCUT2D eigenvalue weighted by Gasteiger charge is 2.44. The molecular formula is C9H18N2O2. The van der Waals surface area contributed by atoms with E-state index in [0.29, 0.717) is 0 Å². The van der Waals surface area contributed by atoms with Gasteiger partial charge in [0.15, 0.2) is 0 Å². The van der Waals surface area contributed by atoms with Crippen LogP contribution >= 0.6 is 0 Å². The van der Waals surface area contributed by atoms with Crippen molar-refractivity contribution in [1.29, 1.82) is 0 Å². The molecule has 0 bridgehead atoms. The lowest BCUT2D eigenvalue weighted by Crippen LogP contribution is -2.50. The summed E-state index contributed by atoms with van der Waals surface area (Å²) in [5.74, 6) is -0.0176. The Bertz CT molecular complexity index is 200. The van der Waals surface area contributed by atoms with Gasteiger partial charge in [0.25, 0.3) is 0 Å². The Morgan fingerprint density at radius 2 is 2.15 bits per heavy atom. The molecular weight excluding hydrogens is 168 g/mol. The molecule has 1 amide bonds. The molecule has 1 aliphatic carbocycles. The van der Waals surface area contributed by atoms with Gasteiger partial charge in [0, 0.05) is 0 Å². The predicted molar refractivity (Wildman–Crippen MR) is 50.0 cm³/mol. The van der Waals surface area contributed by atoms with Crippen molar-refractivity contribution in [2.75, 3.05) is 6.61 Å². The summed E-state index contributed by atoms with van der Waals surface area (Å²) in [5, 5.41) is 11.8. The van der Waals surface area contributed by atoms with E-state index >= 15 is 0 Å². The van der Waals surface area contributed by atoms with E-state index in [9.17, 15) is 4.79 Å². The second-order valence-electron chi connectivity index (χ2n) is 4.20. The van der Waals surface area contributed by atoms with Gasteiger partial charge in [0.05, 0.1) is 18.2 Å². The molecule has 0 radical (unpaired) electrons. The molecule has 0 spiro atoms. The summed E-state index contributed by atoms with van der Waals surface area (Å²) in [4.78, 5) is 11.5. The van der Waals surface area contributed by atoms with Crippen molar-refractivity contribution in [2.24, 2.45) is 11.7 Å². The van der Waals surface area contributed by atoms with Crippen LogP contribution in [0.3, 0.4) is 0 Å². The largest absolute Gasteiger partial charge is 0.394 e. The minimum Gasteiger partial charge on any atom is -0.394 e. The molecule has 0 heterocycles. The third-order valence-electron chi connectivity index (χ3n) is 2.57. The van der Waals surface area contributed by atoms with Crippen LogP contribution in [0.4, 0.5) is 0 Å². The van der Waals surface area contributed by atoms with Gasteiger partial charge in [-0.15, -0.1) is 0 Å². The first kappa shape index (κ1) is 10.5. The Morgan fingerprint density at radius 1 is 1.62 bits per heavy atom. The average Bonchev–Trinajstić information content (AvgIpc) is 2.84. The third kappa shape index (κ3) is 2.42. The summed E-state index contributed by atoms with van der Waals surface area (Å²) in [6.07, 6.45) is 1.72. The molecule has 0 aliphatic heterocycles. The standard InChI is InChI=1S/C9H18N2O2/c1-6(2)7(10)8(13)11-9(5-12)3-4-9/h6-7,12H,3-5,10H2,1-2H3,(H,11,13)/t7-/m0/s1. The van der Waals surface area contributed by atoms with Crippen molar-refractivity contribution in [1.82, 2.24) is 5.32 Å². The lowest BCUT2D eigenvalue weighted by atomic mass is 10.0. The van der Waals surface area contributed by atoms with Gasteiger partial charge in [-0.3, -0.25) is 4.79 Å². The molecule has 4 nitrogen and oxygen atoms in total. The minimum atomic E-state index is -0.468. The lowest BCUT2D eigenvalue weighted by molar-refractivity contribution is -0.124. The van der Waals surface area contributed by atoms with Crippen LogP contribution in [0.15, 0.2) is 0 Å². The highest BCUT2D eigenvalue weighted by molar-refractivity contribution is 5.82. The summed E-state index contributed by atoms with van der Waals surface area (Å²) in [7, 11) is 0. The molecule has 4 heteroatoms. The highest BCUT2D eigenvalue weighted by Crippen LogP contribution is 2.34. The van der Waals surface area contributed by atoms with Crippen LogP contribution < -0.4 is 11.1 Å². The fourth-order valence-electron chi connectivity index (χ4n) is 1.12. The van der Waals surface area contributed by atoms with Crippen molar-refractivity contribution in [2.45, 2.75) is 38.3 Å². The van der Waals surface area contributed by atoms with Crippen LogP contribution in [0.2, 0.25) is 0 Å². The molecule has 0 saturated heterocycles. The fourth-order valence-corrected chi connectivity index (χ4v) is 1.12. The smallest absolute Gasteiger partial charge is 0.237 e. The van der Waals surface area contributed by atoms with Crippen LogP contribution in [-0.2, 0) is 4.79 Å². The molecule has 0 aromatic rings. The van der Waals surface area contributed by atoms with Gasteiger partial charge in [0.1, 0.15) is 0 Å². The molecule has 1 saturated carbocycles. The fraction of sp³-hybridized carbons (Fsp3) is 0.889. The monoisotopic (exact) mass is 186 g/mol. The number of hydrogen-bond acceptors (Lipinski definition) is 3. The molecule has 0 unspecified atom stereocenters. The Balaban J connectivity index is 2.41. The van der Waals surface area contributed by atoms with Crippen molar-refractivity contribution < 1.29 is 9.90 Å². The Morgan fingerprint density at radius 3 is 2.46 bits per heavy atom. The van der Waals surface area contributed by atoms with E-state index in [1.165, 1.54) is 0 Å². The summed E-state index contributed by atoms with van der Waals surface area (Å²) < 4.78 is 0. The summed E-state index contributed by atoms with van der Waals surface area (Å²) in [5.41, 5.74) is 5.31. The summed E-state index contributed by atoms with van der Waals surface area (Å²) >= 11 is 0. The molecule has 1 aliphatic rings. The quantitative estimate of drug-likeness (QED) is 0.559. The normalized spacial score (nSPS) is 21.3. The van der Waals surface area contributed by atoms with Gasteiger partial charge in [-0.05, 0) is 18.8 Å². The number of nitrogens with two attached hydrogens (primary N) is 1. The number of aliphatic hydroxyl groups is 1. The van der Waals surface area contributed by atoms with E-state index in [1.54, 1.807) is 0 Å². The van der Waals surface area contributed by atoms with E-state index in [2.05, 4.69) is 5.32 Å². The molecule has 1 rings (SSSR count). The number of aliphatic hydroxyl groups excluding tert-OH is 1. The SMILES string of the molecule is CC(C)[C@H](N)C(=O)NC1(CO)CC1. The van der Waals surface area contributed by atoms with Crippen molar-refractivity contribution in [3.63, 3.8) is 0 Å². The second kappa shape index (κ2) is 3.64. The highest BCUT2D eigenvalue weighted by atomic mass is 16.3. The van der Waals surface area contributed by atoms with Gasteiger partial charge >= 0.3 is 0 Å². The van der Waals surface area contributed by atoms with E-state index in [0.717, 1.165) is 12.8 Å². The summed E-state index contributed by atoms with van der Waals surface area (Å²) in [6.45, 7) is 3.83. The average molecular weight is 186 g/mol. The molecule has 0 aromatic carbocycles. The number of rotatable bonds is 4. The first-order valence-corrected chi connectivity index (χ1v) is 4.69. The second-order valence-corrected chi connectivity index (χ2v) is 4.20. The maximum Gasteiger partial charge on any atom is 0.237 e. The first-order chi connectivity index (χ1) is 6.01. The van der Waals surface area contributed by atoms with Crippen molar-refractivity contribution in [3.05, 3.63) is 0 Å². The van der Waals surface area contributed by atoms with E-state index < -0.39 is 6.04 Å². The van der Waals surface area contributed by atoms with Crippen LogP contribution in [0.25, 0.3) is 0 Å². The molecule has 76 valence electrons. The molecule has 1 fully saturated rings. The van der Waals surface area contributed by atoms with E-state index in [-0.39, 0.29) is 24.0 Å². The van der Waals surface area contributed by atoms with Gasteiger partial charge < -0.3 is 16.2 Å². The topological polar surface area (TPSA) is 75.4 Å². The maximum atomic E-state index is 11.5. The van der Waals surface area contributed by atoms with Crippen LogP contribution in [0.5, 0.6) is 0 Å². The van der Waals surface area contributed by atoms with Gasteiger partial charge in [0.2, 0.25) is 5.91 Å². The molecule has 13 heavy (non-hydrogen) atoms. The minimum absolute atomic E-state index is 0.0174. The number of amides is 1. The molecule has 0 aromatic heterocycles. The van der Waals surface area contributed by atoms with Crippen molar-refractivity contribution >= 4 is 5.91 Å². The van der Waals surface area contributed by atoms with Gasteiger partial charge in [-0.2, -0.15) is 0 Å². The number of nitrogens with one attached hydrogen (secondary N) is 1. The van der Waals surface area contributed by atoms with E-state index in [1.807, 2.05) is 13.8 Å². The van der Waals surface area contributed by atoms with Gasteiger partial charge in [-0.25, -0.2) is 0 Å². The van der Waals surface area contributed by atoms with E-state index in [4.69, 9.17) is 10.8 Å². The van der Waals surface area contributed by atoms with Gasteiger partial charge in [-0.1, -0.05) is 13.8 Å². The maximum absolute atomic E-state index is 11.5. The zero-order valence-electron chi connectivity index (χ0n) is 8.21. The zero-order chi connectivity index (χ0) is 10.1. The Kier molecular flexibility index (Phi) is 2.93. The summed E-state index contributed by atoms with van der Waals surface area (Å²) in [6, 6.07) is -0.468. The number of carbonyl (C=O) groups is 1. The Labute approximate surface area is 78.5 Å². The lowest BCUT2D eigenvalue weighted by Gasteiger charge is -2.20. The Hall–Kier alpha value is -0.610. The third-order valence-corrected chi connectivity index (χ3v) is 2.57. The number of carbonyl (C=O) groups excluding carboxylic acids is 1. The first-order valence-electron chi connectivity index (χ1n) is 4.69.